The molecule has 0 aromatic heterocycles. The minimum Gasteiger partial charge on any atom is -0.435 e. The fourth-order valence-electron chi connectivity index (χ4n) is 2.84. The zero-order valence-electron chi connectivity index (χ0n) is 14.6. The van der Waals surface area contributed by atoms with Crippen molar-refractivity contribution in [1.29, 1.82) is 0 Å². The first-order chi connectivity index (χ1) is 12.8. The third kappa shape index (κ3) is 7.30. The second-order valence-electron chi connectivity index (χ2n) is 6.17. The van der Waals surface area contributed by atoms with Gasteiger partial charge in [-0.25, -0.2) is 0 Å². The molecule has 1 unspecified atom stereocenters. The van der Waals surface area contributed by atoms with Gasteiger partial charge >= 0.3 is 12.8 Å². The third-order valence-electron chi connectivity index (χ3n) is 4.25. The van der Waals surface area contributed by atoms with Crippen molar-refractivity contribution in [2.75, 3.05) is 32.7 Å². The Kier molecular flexibility index (Phi) is 7.78. The van der Waals surface area contributed by atoms with Gasteiger partial charge in [0, 0.05) is 39.1 Å². The van der Waals surface area contributed by atoms with Gasteiger partial charge in [-0.3, -0.25) is 9.69 Å². The number of carbonyl (C=O) groups excluding carboxylic acids is 1. The van der Waals surface area contributed by atoms with E-state index in [2.05, 4.69) is 15.4 Å². The average Bonchev–Trinajstić information content (AvgIpc) is 2.60. The Morgan fingerprint density at radius 2 is 1.81 bits per heavy atom. The van der Waals surface area contributed by atoms with Crippen LogP contribution in [0.15, 0.2) is 24.3 Å². The summed E-state index contributed by atoms with van der Waals surface area (Å²) in [5, 5.41) is 5.34. The molecule has 1 aliphatic heterocycles. The number of ether oxygens (including phenoxy) is 1. The number of alkyl halides is 5. The number of nitrogens with zero attached hydrogens (tertiary/aromatic N) is 1. The zero-order valence-corrected chi connectivity index (χ0v) is 14.6. The molecule has 0 radical (unpaired) electrons. The molecule has 1 aliphatic rings. The first-order valence-corrected chi connectivity index (χ1v) is 8.57. The molecule has 1 heterocycles. The van der Waals surface area contributed by atoms with Crippen molar-refractivity contribution in [2.45, 2.75) is 31.7 Å². The molecule has 2 N–H and O–H groups in total. The predicted octanol–water partition coefficient (Wildman–Crippen LogP) is 2.17. The quantitative estimate of drug-likeness (QED) is 0.663. The number of halogens is 5. The highest BCUT2D eigenvalue weighted by Crippen LogP contribution is 2.24. The molecule has 1 atom stereocenters. The molecule has 0 aliphatic carbocycles. The molecule has 0 bridgehead atoms. The number of carbonyl (C=O) groups is 1. The van der Waals surface area contributed by atoms with Crippen LogP contribution in [0.25, 0.3) is 0 Å². The van der Waals surface area contributed by atoms with Crippen LogP contribution < -0.4 is 15.4 Å². The lowest BCUT2D eigenvalue weighted by molar-refractivity contribution is -0.184. The molecule has 1 aromatic rings. The van der Waals surface area contributed by atoms with Gasteiger partial charge in [0.2, 0.25) is 5.91 Å². The molecule has 1 aromatic carbocycles. The molecule has 1 amide bonds. The second kappa shape index (κ2) is 9.84. The van der Waals surface area contributed by atoms with E-state index in [0.29, 0.717) is 18.7 Å². The Morgan fingerprint density at radius 1 is 1.19 bits per heavy atom. The topological polar surface area (TPSA) is 53.6 Å². The SMILES string of the molecule is O=C(CCc1ccc(OC(F)F)cc1)NCC(N1CCNCC1)C(F)(F)F. The van der Waals surface area contributed by atoms with Crippen molar-refractivity contribution in [3.63, 3.8) is 0 Å². The lowest BCUT2D eigenvalue weighted by Crippen LogP contribution is -2.57. The van der Waals surface area contributed by atoms with Gasteiger partial charge in [-0.15, -0.1) is 0 Å². The van der Waals surface area contributed by atoms with Crippen molar-refractivity contribution < 1.29 is 31.5 Å². The van der Waals surface area contributed by atoms with E-state index < -0.39 is 31.3 Å². The summed E-state index contributed by atoms with van der Waals surface area (Å²) < 4.78 is 68.1. The van der Waals surface area contributed by atoms with Crippen molar-refractivity contribution in [3.05, 3.63) is 29.8 Å². The van der Waals surface area contributed by atoms with Crippen LogP contribution in [0.1, 0.15) is 12.0 Å². The van der Waals surface area contributed by atoms with Crippen LogP contribution in [-0.4, -0.2) is 62.4 Å². The Labute approximate surface area is 153 Å². The van der Waals surface area contributed by atoms with Gasteiger partial charge < -0.3 is 15.4 Å². The number of hydrogen-bond donors (Lipinski definition) is 2. The van der Waals surface area contributed by atoms with Crippen LogP contribution in [0.4, 0.5) is 22.0 Å². The van der Waals surface area contributed by atoms with E-state index in [1.54, 1.807) is 0 Å². The highest BCUT2D eigenvalue weighted by atomic mass is 19.4. The lowest BCUT2D eigenvalue weighted by atomic mass is 10.1. The van der Waals surface area contributed by atoms with Gasteiger partial charge in [0.15, 0.2) is 0 Å². The highest BCUT2D eigenvalue weighted by molar-refractivity contribution is 5.76. The monoisotopic (exact) mass is 395 g/mol. The number of rotatable bonds is 8. The van der Waals surface area contributed by atoms with Gasteiger partial charge in [0.25, 0.3) is 0 Å². The number of aryl methyl sites for hydroxylation is 1. The van der Waals surface area contributed by atoms with Crippen LogP contribution >= 0.6 is 0 Å². The highest BCUT2D eigenvalue weighted by Gasteiger charge is 2.43. The molecule has 2 rings (SSSR count). The summed E-state index contributed by atoms with van der Waals surface area (Å²) in [6, 6.07) is 4.05. The third-order valence-corrected chi connectivity index (χ3v) is 4.25. The van der Waals surface area contributed by atoms with Crippen molar-refractivity contribution >= 4 is 5.91 Å². The van der Waals surface area contributed by atoms with E-state index in [1.807, 2.05) is 0 Å². The molecule has 0 saturated carbocycles. The summed E-state index contributed by atoms with van der Waals surface area (Å²) >= 11 is 0. The van der Waals surface area contributed by atoms with Gasteiger partial charge in [0.1, 0.15) is 11.8 Å². The van der Waals surface area contributed by atoms with Gasteiger partial charge in [-0.05, 0) is 24.1 Å². The van der Waals surface area contributed by atoms with E-state index >= 15 is 0 Å². The normalized spacial score (nSPS) is 17.0. The van der Waals surface area contributed by atoms with Crippen molar-refractivity contribution in [1.82, 2.24) is 15.5 Å². The fraction of sp³-hybridized carbons (Fsp3) is 0.588. The molecule has 1 fully saturated rings. The van der Waals surface area contributed by atoms with Crippen LogP contribution in [0.2, 0.25) is 0 Å². The summed E-state index contributed by atoms with van der Waals surface area (Å²) in [7, 11) is 0. The first-order valence-electron chi connectivity index (χ1n) is 8.57. The van der Waals surface area contributed by atoms with Gasteiger partial charge in [-0.1, -0.05) is 12.1 Å². The summed E-state index contributed by atoms with van der Waals surface area (Å²) in [4.78, 5) is 13.2. The molecule has 27 heavy (non-hydrogen) atoms. The van der Waals surface area contributed by atoms with E-state index in [-0.39, 0.29) is 31.7 Å². The smallest absolute Gasteiger partial charge is 0.405 e. The van der Waals surface area contributed by atoms with Crippen molar-refractivity contribution in [2.24, 2.45) is 0 Å². The van der Waals surface area contributed by atoms with E-state index in [4.69, 9.17) is 0 Å². The van der Waals surface area contributed by atoms with Crippen molar-refractivity contribution in [3.8, 4) is 5.75 Å². The summed E-state index contributed by atoms with van der Waals surface area (Å²) in [6.07, 6.45) is -4.14. The van der Waals surface area contributed by atoms with Crippen LogP contribution in [0, 0.1) is 0 Å². The fourth-order valence-corrected chi connectivity index (χ4v) is 2.84. The number of nitrogens with one attached hydrogen (secondary N) is 2. The van der Waals surface area contributed by atoms with E-state index in [0.717, 1.165) is 0 Å². The van der Waals surface area contributed by atoms with Crippen LogP contribution in [0.5, 0.6) is 5.75 Å². The largest absolute Gasteiger partial charge is 0.435 e. The molecular weight excluding hydrogens is 373 g/mol. The maximum Gasteiger partial charge on any atom is 0.405 e. The summed E-state index contributed by atoms with van der Waals surface area (Å²) in [5.41, 5.74) is 0.696. The Morgan fingerprint density at radius 3 is 2.37 bits per heavy atom. The maximum atomic E-state index is 13.3. The number of hydrogen-bond acceptors (Lipinski definition) is 4. The number of amides is 1. The Bertz CT molecular complexity index is 589. The standard InChI is InChI=1S/C17H22F5N3O2/c18-16(19)27-13-4-1-12(2-5-13)3-6-15(26)24-11-14(17(20,21)22)25-9-7-23-8-10-25/h1-2,4-5,14,16,23H,3,6-11H2,(H,24,26). The molecule has 5 nitrogen and oxygen atoms in total. The minimum absolute atomic E-state index is 0.00117. The first kappa shape index (κ1) is 21.4. The number of benzene rings is 1. The average molecular weight is 395 g/mol. The molecular formula is C17H22F5N3O2. The number of piperazine rings is 1. The molecule has 1 saturated heterocycles. The van der Waals surface area contributed by atoms with Gasteiger partial charge in [0.05, 0.1) is 0 Å². The van der Waals surface area contributed by atoms with Crippen LogP contribution in [-0.2, 0) is 11.2 Å². The Hall–Kier alpha value is -1.94. The maximum absolute atomic E-state index is 13.3. The molecule has 152 valence electrons. The predicted molar refractivity (Wildman–Crippen MR) is 88.7 cm³/mol. The minimum atomic E-state index is -4.43. The van der Waals surface area contributed by atoms with Crippen LogP contribution in [0.3, 0.4) is 0 Å². The zero-order chi connectivity index (χ0) is 19.9. The van der Waals surface area contributed by atoms with E-state index in [1.165, 1.54) is 29.2 Å². The lowest BCUT2D eigenvalue weighted by Gasteiger charge is -2.35. The Balaban J connectivity index is 1.80. The second-order valence-corrected chi connectivity index (χ2v) is 6.17. The van der Waals surface area contributed by atoms with E-state index in [9.17, 15) is 26.7 Å². The van der Waals surface area contributed by atoms with Gasteiger partial charge in [-0.2, -0.15) is 22.0 Å². The molecule has 0 spiro atoms. The summed E-state index contributed by atoms with van der Waals surface area (Å²) in [5.74, 6) is -0.491. The molecule has 10 heteroatoms. The summed E-state index contributed by atoms with van der Waals surface area (Å²) in [6.45, 7) is -1.92.